The number of aliphatic carboxylic acids is 1. The molecule has 0 aliphatic carbocycles. The molecule has 2 atom stereocenters. The van der Waals surface area contributed by atoms with Gasteiger partial charge >= 0.3 is 5.97 Å². The van der Waals surface area contributed by atoms with Crippen molar-refractivity contribution in [1.29, 1.82) is 0 Å². The number of hydrogen-bond acceptors (Lipinski definition) is 12. The van der Waals surface area contributed by atoms with Gasteiger partial charge in [0.05, 0.1) is 5.00 Å². The van der Waals surface area contributed by atoms with Crippen LogP contribution >= 0.6 is 46.2 Å². The minimum Gasteiger partial charge on any atom is -0.477 e. The van der Waals surface area contributed by atoms with Crippen LogP contribution < -0.4 is 11.1 Å². The van der Waals surface area contributed by atoms with Crippen LogP contribution in [0.25, 0.3) is 0 Å². The molecule has 4 rings (SSSR count). The van der Waals surface area contributed by atoms with E-state index in [1.807, 2.05) is 6.92 Å². The number of fused-ring (bicyclic) bond motifs is 1. The molecule has 4 N–H and O–H groups in total. The Kier molecular flexibility index (Phi) is 6.92. The smallest absolute Gasteiger partial charge is 0.352 e. The lowest BCUT2D eigenvalue weighted by Gasteiger charge is -2.49. The summed E-state index contributed by atoms with van der Waals surface area (Å²) in [5.41, 5.74) is 6.77. The van der Waals surface area contributed by atoms with Gasteiger partial charge in [-0.3, -0.25) is 14.5 Å². The average Bonchev–Trinajstić information content (AvgIpc) is 3.40. The fourth-order valence-electron chi connectivity index (χ4n) is 3.28. The second kappa shape index (κ2) is 9.70. The minimum atomic E-state index is -1.18. The first-order chi connectivity index (χ1) is 15.8. The molecule has 0 unspecified atom stereocenters. The van der Waals surface area contributed by atoms with E-state index in [4.69, 9.17) is 10.6 Å². The van der Waals surface area contributed by atoms with Gasteiger partial charge < -0.3 is 21.0 Å². The van der Waals surface area contributed by atoms with Gasteiger partial charge in [-0.15, -0.1) is 33.3 Å². The fraction of sp³-hybridized carbons (Fsp3) is 0.333. The van der Waals surface area contributed by atoms with Crippen LogP contribution in [0.2, 0.25) is 0 Å². The maximum Gasteiger partial charge on any atom is 0.352 e. The van der Waals surface area contributed by atoms with E-state index in [9.17, 15) is 19.5 Å². The van der Waals surface area contributed by atoms with Crippen molar-refractivity contribution in [2.24, 2.45) is 5.16 Å². The predicted octanol–water partition coefficient (Wildman–Crippen LogP) is 1.37. The van der Waals surface area contributed by atoms with Crippen LogP contribution in [-0.4, -0.2) is 73.7 Å². The fourth-order valence-corrected chi connectivity index (χ4v) is 7.22. The highest BCUT2D eigenvalue weighted by Gasteiger charge is 2.54. The third kappa shape index (κ3) is 4.71. The highest BCUT2D eigenvalue weighted by Crippen LogP contribution is 2.41. The zero-order valence-corrected chi connectivity index (χ0v) is 20.6. The van der Waals surface area contributed by atoms with Crippen molar-refractivity contribution in [3.05, 3.63) is 33.3 Å². The first kappa shape index (κ1) is 23.5. The number of carbonyl (C=O) groups excluding carboxylic acids is 2. The summed E-state index contributed by atoms with van der Waals surface area (Å²) in [7, 11) is 1.31. The van der Waals surface area contributed by atoms with Gasteiger partial charge in [0.15, 0.2) is 10.1 Å². The number of carbonyl (C=O) groups is 3. The number of thioether (sulfide) groups is 2. The molecule has 0 aromatic carbocycles. The highest BCUT2D eigenvalue weighted by atomic mass is 32.2. The highest BCUT2D eigenvalue weighted by molar-refractivity contribution is 8.01. The molecule has 2 amide bonds. The molecule has 11 nitrogen and oxygen atoms in total. The van der Waals surface area contributed by atoms with Crippen molar-refractivity contribution < 1.29 is 24.3 Å². The second-order valence-electron chi connectivity index (χ2n) is 6.85. The van der Waals surface area contributed by atoms with Gasteiger partial charge in [-0.2, -0.15) is 0 Å². The van der Waals surface area contributed by atoms with Gasteiger partial charge in [-0.1, -0.05) is 28.3 Å². The van der Waals surface area contributed by atoms with Crippen LogP contribution in [-0.2, 0) is 19.2 Å². The quantitative estimate of drug-likeness (QED) is 0.198. The Balaban J connectivity index is 1.49. The molecule has 2 aliphatic rings. The summed E-state index contributed by atoms with van der Waals surface area (Å²) in [4.78, 5) is 43.7. The van der Waals surface area contributed by atoms with E-state index in [-0.39, 0.29) is 11.4 Å². The molecule has 0 bridgehead atoms. The molecule has 0 spiro atoms. The number of anilines is 1. The summed E-state index contributed by atoms with van der Waals surface area (Å²) in [6.07, 6.45) is 0. The molecule has 0 radical (unpaired) electrons. The van der Waals surface area contributed by atoms with E-state index in [1.165, 1.54) is 58.2 Å². The van der Waals surface area contributed by atoms with Crippen molar-refractivity contribution in [1.82, 2.24) is 20.4 Å². The van der Waals surface area contributed by atoms with E-state index < -0.39 is 29.2 Å². The number of nitrogen functional groups attached to an aromatic ring is 1. The van der Waals surface area contributed by atoms with Gasteiger partial charge in [0.2, 0.25) is 0 Å². The van der Waals surface area contributed by atoms with Crippen LogP contribution in [0, 0.1) is 6.92 Å². The Labute approximate surface area is 204 Å². The van der Waals surface area contributed by atoms with Crippen LogP contribution in [0.15, 0.2) is 32.2 Å². The summed E-state index contributed by atoms with van der Waals surface area (Å²) in [6.45, 7) is 1.84. The van der Waals surface area contributed by atoms with Crippen molar-refractivity contribution >= 4 is 74.7 Å². The van der Waals surface area contributed by atoms with Gasteiger partial charge in [0.25, 0.3) is 11.8 Å². The molecule has 0 saturated carbocycles. The Morgan fingerprint density at radius 1 is 1.45 bits per heavy atom. The molecule has 2 aromatic rings. The molecular weight excluding hydrogens is 509 g/mol. The largest absolute Gasteiger partial charge is 0.477 e. The number of rotatable bonds is 8. The van der Waals surface area contributed by atoms with E-state index in [0.29, 0.717) is 27.6 Å². The number of β-lactam (4-membered cyclic amide) rings is 1. The first-order valence-corrected chi connectivity index (χ1v) is 13.1. The molecule has 1 saturated heterocycles. The normalized spacial score (nSPS) is 20.4. The van der Waals surface area contributed by atoms with Crippen LogP contribution in [0.4, 0.5) is 5.00 Å². The molecule has 174 valence electrons. The van der Waals surface area contributed by atoms with Crippen LogP contribution in [0.5, 0.6) is 0 Å². The number of nitrogens with two attached hydrogens (primary N) is 1. The Morgan fingerprint density at radius 3 is 2.85 bits per heavy atom. The number of oxime groups is 1. The number of thiophene rings is 1. The van der Waals surface area contributed by atoms with Crippen molar-refractivity contribution in [3.8, 4) is 0 Å². The third-order valence-corrected chi connectivity index (χ3v) is 8.86. The number of hydrogen-bond donors (Lipinski definition) is 3. The predicted molar refractivity (Wildman–Crippen MR) is 127 cm³/mol. The number of carboxylic acid groups (broad SMARTS) is 1. The SMILES string of the molecule is CO/N=C(\C(=O)N[C@@H]1C(=O)N2C(C(=O)O)=C(CSc3nnc(C)s3)CS[C@@H]12)c1csc(N)c1. The lowest BCUT2D eigenvalue weighted by molar-refractivity contribution is -0.150. The zero-order chi connectivity index (χ0) is 23.7. The van der Waals surface area contributed by atoms with E-state index in [1.54, 1.807) is 11.4 Å². The number of aromatic nitrogens is 2. The minimum absolute atomic E-state index is 0.0176. The lowest BCUT2D eigenvalue weighted by atomic mass is 10.0. The summed E-state index contributed by atoms with van der Waals surface area (Å²) in [5, 5.41) is 26.7. The molecule has 1 fully saturated rings. The molecule has 15 heteroatoms. The maximum atomic E-state index is 12.9. The van der Waals surface area contributed by atoms with E-state index in [0.717, 1.165) is 9.35 Å². The van der Waals surface area contributed by atoms with Gasteiger partial charge in [0, 0.05) is 22.4 Å². The summed E-state index contributed by atoms with van der Waals surface area (Å²) in [5.74, 6) is -1.50. The van der Waals surface area contributed by atoms with Gasteiger partial charge in [-0.05, 0) is 18.6 Å². The topological polar surface area (TPSA) is 160 Å². The van der Waals surface area contributed by atoms with E-state index >= 15 is 0 Å². The summed E-state index contributed by atoms with van der Waals surface area (Å²) < 4.78 is 0.732. The molecule has 33 heavy (non-hydrogen) atoms. The number of nitrogens with zero attached hydrogens (tertiary/aromatic N) is 4. The van der Waals surface area contributed by atoms with Gasteiger partial charge in [-0.25, -0.2) is 4.79 Å². The third-order valence-electron chi connectivity index (χ3n) is 4.70. The molecule has 2 aliphatic heterocycles. The second-order valence-corrected chi connectivity index (χ2v) is 11.3. The van der Waals surface area contributed by atoms with Crippen molar-refractivity contribution in [2.75, 3.05) is 24.3 Å². The van der Waals surface area contributed by atoms with Crippen molar-refractivity contribution in [2.45, 2.75) is 22.7 Å². The Morgan fingerprint density at radius 2 is 2.24 bits per heavy atom. The number of amides is 2. The summed E-state index contributed by atoms with van der Waals surface area (Å²) >= 11 is 5.44. The summed E-state index contributed by atoms with van der Waals surface area (Å²) in [6, 6.07) is 0.705. The van der Waals surface area contributed by atoms with E-state index in [2.05, 4.69) is 20.7 Å². The zero-order valence-electron chi connectivity index (χ0n) is 17.3. The Hall–Kier alpha value is -2.62. The van der Waals surface area contributed by atoms with Gasteiger partial charge in [0.1, 0.15) is 29.2 Å². The Bertz CT molecular complexity index is 1170. The van der Waals surface area contributed by atoms with Crippen LogP contribution in [0.1, 0.15) is 10.6 Å². The molecule has 2 aromatic heterocycles. The number of nitrogens with one attached hydrogen (secondary N) is 1. The monoisotopic (exact) mass is 526 g/mol. The average molecular weight is 527 g/mol. The standard InChI is InChI=1S/C18H18N6O5S4/c1-7-21-22-18(33-7)32-6-9-5-31-16-12(15(26)24(16)13(9)17(27)28)20-14(25)11(23-29-2)8-3-10(19)30-4-8/h3-4,12,16H,5-6,19H2,1-2H3,(H,20,25)(H,27,28)/b23-11-/t12-,16+/m1/s1. The lowest BCUT2D eigenvalue weighted by Crippen LogP contribution is -2.71. The van der Waals surface area contributed by atoms with Crippen LogP contribution in [0.3, 0.4) is 0 Å². The number of carboxylic acids is 1. The first-order valence-electron chi connectivity index (χ1n) is 9.39. The van der Waals surface area contributed by atoms with Crippen molar-refractivity contribution in [3.63, 3.8) is 0 Å². The maximum absolute atomic E-state index is 12.9. The molecular formula is C18H18N6O5S4. The number of aryl methyl sites for hydroxylation is 1. The molecule has 4 heterocycles.